The molecule has 0 radical (unpaired) electrons. The van der Waals surface area contributed by atoms with E-state index < -0.39 is 0 Å². The fourth-order valence-electron chi connectivity index (χ4n) is 1.77. The van der Waals surface area contributed by atoms with E-state index >= 15 is 0 Å². The van der Waals surface area contributed by atoms with Gasteiger partial charge in [0.25, 0.3) is 0 Å². The minimum absolute atomic E-state index is 0.164. The minimum Gasteiger partial charge on any atom is -0.396 e. The molecule has 0 bridgehead atoms. The molecule has 1 rings (SSSR count). The van der Waals surface area contributed by atoms with Gasteiger partial charge in [0.05, 0.1) is 6.61 Å². The van der Waals surface area contributed by atoms with Gasteiger partial charge >= 0.3 is 0 Å². The third-order valence-corrected chi connectivity index (χ3v) is 2.54. The molecule has 0 saturated carbocycles. The molecule has 16 heavy (non-hydrogen) atoms. The Morgan fingerprint density at radius 1 is 1.12 bits per heavy atom. The Labute approximate surface area is 97.3 Å². The van der Waals surface area contributed by atoms with Crippen molar-refractivity contribution in [3.63, 3.8) is 0 Å². The number of aliphatic hydroxyl groups is 2. The molecule has 1 aromatic rings. The molecule has 0 spiro atoms. The first kappa shape index (κ1) is 13.2. The SMILES string of the molecule is Cc1cccc(CN(CCO)CCCO)c1. The zero-order valence-corrected chi connectivity index (χ0v) is 9.89. The second-order valence-electron chi connectivity index (χ2n) is 4.07. The average molecular weight is 223 g/mol. The fraction of sp³-hybridized carbons (Fsp3) is 0.538. The Kier molecular flexibility index (Phi) is 6.08. The summed E-state index contributed by atoms with van der Waals surface area (Å²) in [6.45, 7) is 4.77. The molecule has 2 N–H and O–H groups in total. The van der Waals surface area contributed by atoms with Crippen LogP contribution in [0.2, 0.25) is 0 Å². The van der Waals surface area contributed by atoms with Gasteiger partial charge in [0, 0.05) is 26.2 Å². The van der Waals surface area contributed by atoms with Gasteiger partial charge in [-0.15, -0.1) is 0 Å². The smallest absolute Gasteiger partial charge is 0.0558 e. The van der Waals surface area contributed by atoms with E-state index in [1.807, 2.05) is 6.07 Å². The normalized spacial score (nSPS) is 11.0. The van der Waals surface area contributed by atoms with E-state index in [4.69, 9.17) is 10.2 Å². The molecule has 0 saturated heterocycles. The molecule has 0 aliphatic rings. The first-order chi connectivity index (χ1) is 7.76. The second-order valence-corrected chi connectivity index (χ2v) is 4.07. The highest BCUT2D eigenvalue weighted by molar-refractivity contribution is 5.22. The second kappa shape index (κ2) is 7.39. The number of benzene rings is 1. The molecule has 0 aliphatic heterocycles. The lowest BCUT2D eigenvalue weighted by Gasteiger charge is -2.21. The molecule has 0 unspecified atom stereocenters. The molecule has 3 nitrogen and oxygen atoms in total. The molecule has 90 valence electrons. The molecule has 1 aromatic carbocycles. The Balaban J connectivity index is 2.52. The largest absolute Gasteiger partial charge is 0.396 e. The van der Waals surface area contributed by atoms with Crippen molar-refractivity contribution in [3.05, 3.63) is 35.4 Å². The number of aryl methyl sites for hydroxylation is 1. The molecular weight excluding hydrogens is 202 g/mol. The van der Waals surface area contributed by atoms with Gasteiger partial charge in [-0.3, -0.25) is 4.90 Å². The zero-order chi connectivity index (χ0) is 11.8. The Morgan fingerprint density at radius 2 is 1.94 bits per heavy atom. The third-order valence-electron chi connectivity index (χ3n) is 2.54. The number of aliphatic hydroxyl groups excluding tert-OH is 2. The van der Waals surface area contributed by atoms with E-state index in [9.17, 15) is 0 Å². The van der Waals surface area contributed by atoms with Gasteiger partial charge in [-0.2, -0.15) is 0 Å². The van der Waals surface area contributed by atoms with Crippen LogP contribution in [0.5, 0.6) is 0 Å². The highest BCUT2D eigenvalue weighted by Gasteiger charge is 2.04. The van der Waals surface area contributed by atoms with Gasteiger partial charge in [0.2, 0.25) is 0 Å². The summed E-state index contributed by atoms with van der Waals surface area (Å²) >= 11 is 0. The summed E-state index contributed by atoms with van der Waals surface area (Å²) in [4.78, 5) is 2.16. The van der Waals surface area contributed by atoms with Crippen molar-refractivity contribution in [2.24, 2.45) is 0 Å². The van der Waals surface area contributed by atoms with Crippen molar-refractivity contribution >= 4 is 0 Å². The molecular formula is C13H21NO2. The summed E-state index contributed by atoms with van der Waals surface area (Å²) < 4.78 is 0. The van der Waals surface area contributed by atoms with E-state index in [0.717, 1.165) is 19.5 Å². The maximum Gasteiger partial charge on any atom is 0.0558 e. The fourth-order valence-corrected chi connectivity index (χ4v) is 1.77. The average Bonchev–Trinajstić information content (AvgIpc) is 2.26. The van der Waals surface area contributed by atoms with E-state index in [1.54, 1.807) is 0 Å². The molecule has 0 fully saturated rings. The lowest BCUT2D eigenvalue weighted by Crippen LogP contribution is -2.28. The van der Waals surface area contributed by atoms with E-state index in [2.05, 4.69) is 30.0 Å². The van der Waals surface area contributed by atoms with Crippen LogP contribution in [0, 0.1) is 6.92 Å². The van der Waals surface area contributed by atoms with Gasteiger partial charge in [-0.25, -0.2) is 0 Å². The van der Waals surface area contributed by atoms with Crippen molar-refractivity contribution in [2.75, 3.05) is 26.3 Å². The van der Waals surface area contributed by atoms with Crippen molar-refractivity contribution in [3.8, 4) is 0 Å². The predicted octanol–water partition coefficient (Wildman–Crippen LogP) is 1.17. The van der Waals surface area contributed by atoms with Crippen molar-refractivity contribution in [1.82, 2.24) is 4.90 Å². The highest BCUT2D eigenvalue weighted by Crippen LogP contribution is 2.07. The summed E-state index contributed by atoms with van der Waals surface area (Å²) in [5.41, 5.74) is 2.51. The summed E-state index contributed by atoms with van der Waals surface area (Å²) in [6.07, 6.45) is 0.756. The maximum absolute atomic E-state index is 8.96. The molecule has 3 heteroatoms. The summed E-state index contributed by atoms with van der Waals surface area (Å²) in [5.74, 6) is 0. The standard InChI is InChI=1S/C13H21NO2/c1-12-4-2-5-13(10-12)11-14(7-9-16)6-3-8-15/h2,4-5,10,15-16H,3,6-9,11H2,1H3. The van der Waals surface area contributed by atoms with Crippen molar-refractivity contribution < 1.29 is 10.2 Å². The number of hydrogen-bond donors (Lipinski definition) is 2. The number of rotatable bonds is 7. The summed E-state index contributed by atoms with van der Waals surface area (Å²) in [6, 6.07) is 8.38. The first-order valence-electron chi connectivity index (χ1n) is 5.76. The lowest BCUT2D eigenvalue weighted by atomic mass is 10.1. The van der Waals surface area contributed by atoms with Crippen molar-refractivity contribution in [1.29, 1.82) is 0 Å². The molecule has 0 aliphatic carbocycles. The third kappa shape index (κ3) is 4.75. The molecule has 0 atom stereocenters. The maximum atomic E-state index is 8.96. The van der Waals surface area contributed by atoms with Crippen LogP contribution in [-0.4, -0.2) is 41.4 Å². The predicted molar refractivity (Wildman–Crippen MR) is 65.2 cm³/mol. The number of hydrogen-bond acceptors (Lipinski definition) is 3. The topological polar surface area (TPSA) is 43.7 Å². The van der Waals surface area contributed by atoms with E-state index in [-0.39, 0.29) is 13.2 Å². The van der Waals surface area contributed by atoms with Crippen LogP contribution in [-0.2, 0) is 6.54 Å². The number of nitrogens with zero attached hydrogens (tertiary/aromatic N) is 1. The van der Waals surface area contributed by atoms with Crippen molar-refractivity contribution in [2.45, 2.75) is 19.9 Å². The van der Waals surface area contributed by atoms with Crippen LogP contribution >= 0.6 is 0 Å². The van der Waals surface area contributed by atoms with Crippen LogP contribution in [0.25, 0.3) is 0 Å². The van der Waals surface area contributed by atoms with Crippen LogP contribution in [0.1, 0.15) is 17.5 Å². The van der Waals surface area contributed by atoms with Gasteiger partial charge < -0.3 is 10.2 Å². The van der Waals surface area contributed by atoms with Crippen LogP contribution in [0.3, 0.4) is 0 Å². The molecule has 0 amide bonds. The van der Waals surface area contributed by atoms with Crippen LogP contribution in [0.15, 0.2) is 24.3 Å². The molecule has 0 heterocycles. The first-order valence-corrected chi connectivity index (χ1v) is 5.76. The Morgan fingerprint density at radius 3 is 2.56 bits per heavy atom. The summed E-state index contributed by atoms with van der Waals surface area (Å²) in [5, 5.41) is 17.8. The zero-order valence-electron chi connectivity index (χ0n) is 9.89. The van der Waals surface area contributed by atoms with Crippen LogP contribution in [0.4, 0.5) is 0 Å². The lowest BCUT2D eigenvalue weighted by molar-refractivity contribution is 0.174. The van der Waals surface area contributed by atoms with E-state index in [0.29, 0.717) is 6.54 Å². The van der Waals surface area contributed by atoms with Crippen LogP contribution < -0.4 is 0 Å². The van der Waals surface area contributed by atoms with Gasteiger partial charge in [0.1, 0.15) is 0 Å². The summed E-state index contributed by atoms with van der Waals surface area (Å²) in [7, 11) is 0. The highest BCUT2D eigenvalue weighted by atomic mass is 16.3. The monoisotopic (exact) mass is 223 g/mol. The Hall–Kier alpha value is -0.900. The van der Waals surface area contributed by atoms with E-state index in [1.165, 1.54) is 11.1 Å². The Bertz CT molecular complexity index is 302. The van der Waals surface area contributed by atoms with Gasteiger partial charge in [-0.05, 0) is 18.9 Å². The molecule has 0 aromatic heterocycles. The minimum atomic E-state index is 0.164. The van der Waals surface area contributed by atoms with Gasteiger partial charge in [0.15, 0.2) is 0 Å². The van der Waals surface area contributed by atoms with Gasteiger partial charge in [-0.1, -0.05) is 29.8 Å². The quantitative estimate of drug-likeness (QED) is 0.729.